The van der Waals surface area contributed by atoms with Crippen molar-refractivity contribution in [2.45, 2.75) is 32.6 Å². The van der Waals surface area contributed by atoms with Crippen LogP contribution in [0.2, 0.25) is 0 Å². The molecule has 0 aliphatic heterocycles. The topological polar surface area (TPSA) is 37.8 Å². The second-order valence-electron chi connectivity index (χ2n) is 4.25. The van der Waals surface area contributed by atoms with Gasteiger partial charge < -0.3 is 5.32 Å². The lowest BCUT2D eigenvalue weighted by Gasteiger charge is -2.06. The van der Waals surface area contributed by atoms with Crippen LogP contribution in [-0.2, 0) is 0 Å². The fourth-order valence-corrected chi connectivity index (χ4v) is 1.86. The molecule has 0 saturated heterocycles. The lowest BCUT2D eigenvalue weighted by atomic mass is 10.2. The average molecular weight is 229 g/mol. The zero-order valence-electron chi connectivity index (χ0n) is 10.3. The number of fused-ring (bicyclic) bond motifs is 1. The van der Waals surface area contributed by atoms with E-state index in [9.17, 15) is 0 Å². The first kappa shape index (κ1) is 11.8. The number of benzene rings is 1. The molecular formula is C14H19N3. The van der Waals surface area contributed by atoms with Gasteiger partial charge in [0.15, 0.2) is 0 Å². The Morgan fingerprint density at radius 2 is 1.82 bits per heavy atom. The lowest BCUT2D eigenvalue weighted by Crippen LogP contribution is -2.01. The molecule has 0 saturated carbocycles. The molecule has 0 aliphatic rings. The highest BCUT2D eigenvalue weighted by molar-refractivity contribution is 5.78. The van der Waals surface area contributed by atoms with Gasteiger partial charge in [-0.3, -0.25) is 9.97 Å². The molecule has 3 heteroatoms. The van der Waals surface area contributed by atoms with Crippen molar-refractivity contribution < 1.29 is 0 Å². The van der Waals surface area contributed by atoms with E-state index in [1.165, 1.54) is 25.7 Å². The van der Waals surface area contributed by atoms with Crippen LogP contribution in [0.15, 0.2) is 30.6 Å². The summed E-state index contributed by atoms with van der Waals surface area (Å²) in [6.07, 6.45) is 8.59. The smallest absolute Gasteiger partial charge is 0.0907 e. The van der Waals surface area contributed by atoms with Crippen LogP contribution < -0.4 is 5.32 Å². The van der Waals surface area contributed by atoms with Gasteiger partial charge in [0.25, 0.3) is 0 Å². The first-order valence-corrected chi connectivity index (χ1v) is 6.35. The van der Waals surface area contributed by atoms with Crippen LogP contribution in [-0.4, -0.2) is 16.5 Å². The third kappa shape index (κ3) is 3.41. The van der Waals surface area contributed by atoms with Gasteiger partial charge in [-0.25, -0.2) is 0 Å². The highest BCUT2D eigenvalue weighted by Crippen LogP contribution is 2.15. The summed E-state index contributed by atoms with van der Waals surface area (Å²) in [4.78, 5) is 8.55. The van der Waals surface area contributed by atoms with Crippen LogP contribution in [0.3, 0.4) is 0 Å². The van der Waals surface area contributed by atoms with E-state index in [0.29, 0.717) is 0 Å². The summed E-state index contributed by atoms with van der Waals surface area (Å²) in [7, 11) is 0. The van der Waals surface area contributed by atoms with Crippen LogP contribution in [0.4, 0.5) is 5.69 Å². The Morgan fingerprint density at radius 1 is 1.00 bits per heavy atom. The minimum atomic E-state index is 0.948. The number of hydrogen-bond acceptors (Lipinski definition) is 3. The van der Waals surface area contributed by atoms with Gasteiger partial charge in [0.05, 0.1) is 11.0 Å². The Bertz CT molecular complexity index is 468. The summed E-state index contributed by atoms with van der Waals surface area (Å²) in [6, 6.07) is 6.13. The van der Waals surface area contributed by atoms with E-state index in [-0.39, 0.29) is 0 Å². The maximum Gasteiger partial charge on any atom is 0.0907 e. The van der Waals surface area contributed by atoms with E-state index in [0.717, 1.165) is 23.3 Å². The second-order valence-corrected chi connectivity index (χ2v) is 4.25. The number of hydrogen-bond donors (Lipinski definition) is 1. The zero-order chi connectivity index (χ0) is 11.9. The predicted molar refractivity (Wildman–Crippen MR) is 72.2 cm³/mol. The highest BCUT2D eigenvalue weighted by Gasteiger charge is 1.97. The second kappa shape index (κ2) is 6.18. The third-order valence-corrected chi connectivity index (χ3v) is 2.83. The van der Waals surface area contributed by atoms with E-state index in [4.69, 9.17) is 0 Å². The summed E-state index contributed by atoms with van der Waals surface area (Å²) in [5.74, 6) is 0. The molecule has 2 aromatic rings. The molecule has 0 amide bonds. The molecule has 1 aromatic carbocycles. The summed E-state index contributed by atoms with van der Waals surface area (Å²) in [6.45, 7) is 3.27. The minimum absolute atomic E-state index is 0.948. The lowest BCUT2D eigenvalue weighted by molar-refractivity contribution is 0.685. The van der Waals surface area contributed by atoms with Crippen molar-refractivity contribution in [1.82, 2.24) is 9.97 Å². The quantitative estimate of drug-likeness (QED) is 0.769. The monoisotopic (exact) mass is 229 g/mol. The van der Waals surface area contributed by atoms with Gasteiger partial charge in [0.1, 0.15) is 0 Å². The molecule has 0 radical (unpaired) electrons. The van der Waals surface area contributed by atoms with Crippen molar-refractivity contribution in [3.05, 3.63) is 30.6 Å². The zero-order valence-corrected chi connectivity index (χ0v) is 10.3. The van der Waals surface area contributed by atoms with Crippen molar-refractivity contribution in [1.29, 1.82) is 0 Å². The molecule has 0 bridgehead atoms. The van der Waals surface area contributed by atoms with Gasteiger partial charge in [-0.2, -0.15) is 0 Å². The predicted octanol–water partition coefficient (Wildman–Crippen LogP) is 3.62. The van der Waals surface area contributed by atoms with Crippen LogP contribution in [0.1, 0.15) is 32.6 Å². The normalized spacial score (nSPS) is 10.6. The average Bonchev–Trinajstić information content (AvgIpc) is 2.38. The molecular weight excluding hydrogens is 210 g/mol. The van der Waals surface area contributed by atoms with Crippen molar-refractivity contribution in [2.24, 2.45) is 0 Å². The van der Waals surface area contributed by atoms with Gasteiger partial charge in [-0.1, -0.05) is 26.2 Å². The summed E-state index contributed by atoms with van der Waals surface area (Å²) in [5.41, 5.74) is 3.03. The van der Waals surface area contributed by atoms with Crippen LogP contribution >= 0.6 is 0 Å². The van der Waals surface area contributed by atoms with E-state index in [2.05, 4.69) is 34.3 Å². The SMILES string of the molecule is CCCCCCNc1ccc2nccnc2c1. The largest absolute Gasteiger partial charge is 0.385 e. The fourth-order valence-electron chi connectivity index (χ4n) is 1.86. The van der Waals surface area contributed by atoms with E-state index in [1.807, 2.05) is 6.07 Å². The number of unbranched alkanes of at least 4 members (excludes halogenated alkanes) is 3. The molecule has 0 atom stereocenters. The van der Waals surface area contributed by atoms with Gasteiger partial charge in [0, 0.05) is 24.6 Å². The van der Waals surface area contributed by atoms with Crippen molar-refractivity contribution in [3.63, 3.8) is 0 Å². The maximum atomic E-state index is 4.30. The highest BCUT2D eigenvalue weighted by atomic mass is 14.9. The summed E-state index contributed by atoms with van der Waals surface area (Å²) < 4.78 is 0. The number of rotatable bonds is 6. The van der Waals surface area contributed by atoms with Crippen LogP contribution in [0.5, 0.6) is 0 Å². The van der Waals surface area contributed by atoms with Crippen molar-refractivity contribution >= 4 is 16.7 Å². The molecule has 3 nitrogen and oxygen atoms in total. The molecule has 0 aliphatic carbocycles. The standard InChI is InChI=1S/C14H19N3/c1-2-3-4-5-8-15-12-6-7-13-14(11-12)17-10-9-16-13/h6-7,9-11,15H,2-5,8H2,1H3. The number of aromatic nitrogens is 2. The van der Waals surface area contributed by atoms with Gasteiger partial charge in [-0.05, 0) is 24.6 Å². The van der Waals surface area contributed by atoms with Crippen molar-refractivity contribution in [3.8, 4) is 0 Å². The molecule has 0 fully saturated rings. The molecule has 90 valence electrons. The number of anilines is 1. The number of nitrogens with one attached hydrogen (secondary N) is 1. The Hall–Kier alpha value is -1.64. The number of nitrogens with zero attached hydrogens (tertiary/aromatic N) is 2. The van der Waals surface area contributed by atoms with Crippen molar-refractivity contribution in [2.75, 3.05) is 11.9 Å². The molecule has 0 spiro atoms. The summed E-state index contributed by atoms with van der Waals surface area (Å²) in [5, 5.41) is 3.43. The van der Waals surface area contributed by atoms with Crippen LogP contribution in [0.25, 0.3) is 11.0 Å². The maximum absolute atomic E-state index is 4.30. The molecule has 2 rings (SSSR count). The molecule has 0 unspecified atom stereocenters. The first-order valence-electron chi connectivity index (χ1n) is 6.35. The Labute approximate surface area is 102 Å². The Kier molecular flexibility index (Phi) is 4.30. The fraction of sp³-hybridized carbons (Fsp3) is 0.429. The molecule has 1 N–H and O–H groups in total. The minimum Gasteiger partial charge on any atom is -0.385 e. The van der Waals surface area contributed by atoms with Gasteiger partial charge >= 0.3 is 0 Å². The molecule has 17 heavy (non-hydrogen) atoms. The molecule has 1 heterocycles. The Balaban J connectivity index is 1.90. The van der Waals surface area contributed by atoms with E-state index >= 15 is 0 Å². The van der Waals surface area contributed by atoms with E-state index < -0.39 is 0 Å². The van der Waals surface area contributed by atoms with Crippen LogP contribution in [0, 0.1) is 0 Å². The third-order valence-electron chi connectivity index (χ3n) is 2.83. The first-order chi connectivity index (χ1) is 8.40. The molecule has 1 aromatic heterocycles. The van der Waals surface area contributed by atoms with E-state index in [1.54, 1.807) is 12.4 Å². The van der Waals surface area contributed by atoms with Gasteiger partial charge in [-0.15, -0.1) is 0 Å². The Morgan fingerprint density at radius 3 is 2.65 bits per heavy atom. The summed E-state index contributed by atoms with van der Waals surface area (Å²) >= 11 is 0. The van der Waals surface area contributed by atoms with Gasteiger partial charge in [0.2, 0.25) is 0 Å².